The fourth-order valence-corrected chi connectivity index (χ4v) is 3.70. The molecule has 0 radical (unpaired) electrons. The Morgan fingerprint density at radius 3 is 2.58 bits per heavy atom. The van der Waals surface area contributed by atoms with Crippen molar-refractivity contribution >= 4 is 49.8 Å². The molecule has 7 nitrogen and oxygen atoms in total. The van der Waals surface area contributed by atoms with Crippen molar-refractivity contribution in [1.82, 2.24) is 10.2 Å². The van der Waals surface area contributed by atoms with E-state index in [0.29, 0.717) is 16.0 Å². The number of anilines is 1. The zero-order valence-corrected chi connectivity index (χ0v) is 15.4. The van der Waals surface area contributed by atoms with Crippen molar-refractivity contribution in [3.05, 3.63) is 69.5 Å². The number of furan rings is 1. The average Bonchev–Trinajstić information content (AvgIpc) is 3.37. The van der Waals surface area contributed by atoms with E-state index >= 15 is 0 Å². The standard InChI is InChI=1S/C17H10BrN3O4S/c18-11-7-6-10(25-11)13-12(14(22)9-4-2-1-3-5-9)15(23)16(24)21(13)17-20-19-8-26-17/h1-8,13,22H/b14-12+. The second kappa shape index (κ2) is 6.50. The van der Waals surface area contributed by atoms with Crippen LogP contribution in [-0.4, -0.2) is 27.0 Å². The summed E-state index contributed by atoms with van der Waals surface area (Å²) in [6.07, 6.45) is 0. The summed E-state index contributed by atoms with van der Waals surface area (Å²) < 4.78 is 6.03. The Kier molecular flexibility index (Phi) is 4.17. The number of aliphatic hydroxyl groups excluding tert-OH is 1. The molecule has 4 rings (SSSR count). The Morgan fingerprint density at radius 1 is 1.19 bits per heavy atom. The molecule has 0 saturated carbocycles. The molecule has 3 heterocycles. The summed E-state index contributed by atoms with van der Waals surface area (Å²) in [6.45, 7) is 0. The van der Waals surface area contributed by atoms with Crippen LogP contribution >= 0.6 is 27.3 Å². The molecule has 1 saturated heterocycles. The Balaban J connectivity index is 1.94. The molecule has 26 heavy (non-hydrogen) atoms. The number of carbonyl (C=O) groups excluding carboxylic acids is 2. The Bertz CT molecular complexity index is 1010. The van der Waals surface area contributed by atoms with E-state index in [0.717, 1.165) is 11.3 Å². The molecule has 1 aromatic carbocycles. The Labute approximate surface area is 159 Å². The number of Topliss-reactive ketones (excluding diaryl/α,β-unsaturated/α-hetero) is 1. The summed E-state index contributed by atoms with van der Waals surface area (Å²) in [7, 11) is 0. The Morgan fingerprint density at radius 2 is 1.96 bits per heavy atom. The van der Waals surface area contributed by atoms with Crippen LogP contribution in [0.2, 0.25) is 0 Å². The van der Waals surface area contributed by atoms with Crippen LogP contribution in [0.5, 0.6) is 0 Å². The van der Waals surface area contributed by atoms with Gasteiger partial charge in [0.05, 0.1) is 5.57 Å². The van der Waals surface area contributed by atoms with Crippen molar-refractivity contribution in [2.24, 2.45) is 0 Å². The quantitative estimate of drug-likeness (QED) is 0.387. The minimum Gasteiger partial charge on any atom is -0.507 e. The van der Waals surface area contributed by atoms with Crippen LogP contribution in [0, 0.1) is 0 Å². The highest BCUT2D eigenvalue weighted by molar-refractivity contribution is 9.10. The molecule has 1 fully saturated rings. The molecular weight excluding hydrogens is 422 g/mol. The number of amides is 1. The van der Waals surface area contributed by atoms with E-state index in [1.165, 1.54) is 10.4 Å². The first-order valence-electron chi connectivity index (χ1n) is 7.45. The first-order chi connectivity index (χ1) is 12.6. The SMILES string of the molecule is O=C1C(=O)N(c2nncs2)C(c2ccc(Br)o2)/C1=C(\O)c1ccccc1. The number of rotatable bonds is 3. The molecule has 1 N–H and O–H groups in total. The molecular formula is C17H10BrN3O4S. The van der Waals surface area contributed by atoms with Crippen molar-refractivity contribution < 1.29 is 19.1 Å². The lowest BCUT2D eigenvalue weighted by molar-refractivity contribution is -0.132. The topological polar surface area (TPSA) is 96.5 Å². The highest BCUT2D eigenvalue weighted by atomic mass is 79.9. The van der Waals surface area contributed by atoms with Gasteiger partial charge in [0.1, 0.15) is 23.1 Å². The van der Waals surface area contributed by atoms with E-state index in [4.69, 9.17) is 4.42 Å². The zero-order valence-electron chi connectivity index (χ0n) is 13.0. The fourth-order valence-electron chi connectivity index (χ4n) is 2.80. The van der Waals surface area contributed by atoms with E-state index in [1.54, 1.807) is 42.5 Å². The van der Waals surface area contributed by atoms with Crippen molar-refractivity contribution in [2.75, 3.05) is 4.90 Å². The van der Waals surface area contributed by atoms with Gasteiger partial charge in [0.25, 0.3) is 5.78 Å². The minimum absolute atomic E-state index is 0.0572. The number of halogens is 1. The highest BCUT2D eigenvalue weighted by Crippen LogP contribution is 2.43. The van der Waals surface area contributed by atoms with Crippen LogP contribution in [-0.2, 0) is 9.59 Å². The van der Waals surface area contributed by atoms with Crippen LogP contribution in [0.25, 0.3) is 5.76 Å². The smallest absolute Gasteiger partial charge is 0.302 e. The zero-order chi connectivity index (χ0) is 18.3. The highest BCUT2D eigenvalue weighted by Gasteiger charge is 2.49. The first kappa shape index (κ1) is 16.7. The molecule has 1 aliphatic heterocycles. The molecule has 0 spiro atoms. The summed E-state index contributed by atoms with van der Waals surface area (Å²) in [5.41, 5.74) is 1.83. The molecule has 0 aliphatic carbocycles. The third kappa shape index (κ3) is 2.65. The second-order valence-electron chi connectivity index (χ2n) is 5.40. The normalized spacial score (nSPS) is 19.3. The van der Waals surface area contributed by atoms with Crippen LogP contribution < -0.4 is 4.90 Å². The summed E-state index contributed by atoms with van der Waals surface area (Å²) >= 11 is 4.33. The molecule has 9 heteroatoms. The third-order valence-corrected chi connectivity index (χ3v) is 5.02. The maximum absolute atomic E-state index is 12.7. The predicted octanol–water partition coefficient (Wildman–Crippen LogP) is 3.52. The van der Waals surface area contributed by atoms with Gasteiger partial charge < -0.3 is 9.52 Å². The van der Waals surface area contributed by atoms with E-state index in [9.17, 15) is 14.7 Å². The largest absolute Gasteiger partial charge is 0.507 e. The van der Waals surface area contributed by atoms with Gasteiger partial charge in [-0.3, -0.25) is 14.5 Å². The lowest BCUT2D eigenvalue weighted by atomic mass is 9.99. The van der Waals surface area contributed by atoms with E-state index in [2.05, 4.69) is 26.1 Å². The number of nitrogens with zero attached hydrogens (tertiary/aromatic N) is 3. The summed E-state index contributed by atoms with van der Waals surface area (Å²) in [5, 5.41) is 18.6. The third-order valence-electron chi connectivity index (χ3n) is 3.91. The van der Waals surface area contributed by atoms with Gasteiger partial charge in [0.15, 0.2) is 4.67 Å². The molecule has 1 atom stereocenters. The maximum Gasteiger partial charge on any atom is 0.302 e. The average molecular weight is 432 g/mol. The van der Waals surface area contributed by atoms with Gasteiger partial charge in [-0.2, -0.15) is 0 Å². The molecule has 1 amide bonds. The van der Waals surface area contributed by atoms with Crippen LogP contribution in [0.4, 0.5) is 5.13 Å². The van der Waals surface area contributed by atoms with Crippen molar-refractivity contribution in [2.45, 2.75) is 6.04 Å². The Hall–Kier alpha value is -2.78. The van der Waals surface area contributed by atoms with Crippen LogP contribution in [0.3, 0.4) is 0 Å². The van der Waals surface area contributed by atoms with Gasteiger partial charge >= 0.3 is 5.91 Å². The first-order valence-corrected chi connectivity index (χ1v) is 9.13. The number of ketones is 1. The van der Waals surface area contributed by atoms with Crippen LogP contribution in [0.15, 0.2) is 62.6 Å². The number of aromatic nitrogens is 2. The predicted molar refractivity (Wildman–Crippen MR) is 97.5 cm³/mol. The van der Waals surface area contributed by atoms with Gasteiger partial charge in [0, 0.05) is 5.56 Å². The van der Waals surface area contributed by atoms with Gasteiger partial charge in [-0.15, -0.1) is 10.2 Å². The molecule has 1 unspecified atom stereocenters. The van der Waals surface area contributed by atoms with Gasteiger partial charge in [-0.25, -0.2) is 0 Å². The molecule has 0 bridgehead atoms. The van der Waals surface area contributed by atoms with Crippen molar-refractivity contribution in [3.63, 3.8) is 0 Å². The number of hydrogen-bond acceptors (Lipinski definition) is 7. The van der Waals surface area contributed by atoms with E-state index < -0.39 is 17.7 Å². The maximum atomic E-state index is 12.7. The summed E-state index contributed by atoms with van der Waals surface area (Å²) in [5.74, 6) is -1.55. The molecule has 130 valence electrons. The van der Waals surface area contributed by atoms with E-state index in [-0.39, 0.29) is 16.5 Å². The fraction of sp³-hybridized carbons (Fsp3) is 0.0588. The summed E-state index contributed by atoms with van der Waals surface area (Å²) in [6, 6.07) is 10.9. The molecule has 3 aromatic rings. The number of benzene rings is 1. The van der Waals surface area contributed by atoms with Crippen molar-refractivity contribution in [3.8, 4) is 0 Å². The van der Waals surface area contributed by atoms with Crippen molar-refractivity contribution in [1.29, 1.82) is 0 Å². The lowest BCUT2D eigenvalue weighted by Gasteiger charge is -2.19. The van der Waals surface area contributed by atoms with Gasteiger partial charge in [0.2, 0.25) is 5.13 Å². The minimum atomic E-state index is -0.936. The number of hydrogen-bond donors (Lipinski definition) is 1. The van der Waals surface area contributed by atoms with E-state index in [1.807, 2.05) is 0 Å². The number of carbonyl (C=O) groups is 2. The molecule has 1 aliphatic rings. The van der Waals surface area contributed by atoms with Crippen LogP contribution in [0.1, 0.15) is 17.4 Å². The second-order valence-corrected chi connectivity index (χ2v) is 6.99. The lowest BCUT2D eigenvalue weighted by Crippen LogP contribution is -2.29. The molecule has 2 aromatic heterocycles. The monoisotopic (exact) mass is 431 g/mol. The number of aliphatic hydroxyl groups is 1. The van der Waals surface area contributed by atoms with Gasteiger partial charge in [-0.05, 0) is 28.1 Å². The van der Waals surface area contributed by atoms with Gasteiger partial charge in [-0.1, -0.05) is 41.7 Å². The summed E-state index contributed by atoms with van der Waals surface area (Å²) in [4.78, 5) is 26.6.